The number of hydrogen-bond donors (Lipinski definition) is 3. The van der Waals surface area contributed by atoms with Crippen molar-refractivity contribution in [3.8, 4) is 5.75 Å². The van der Waals surface area contributed by atoms with E-state index >= 15 is 0 Å². The lowest BCUT2D eigenvalue weighted by Crippen LogP contribution is -2.55. The molecule has 8 nitrogen and oxygen atoms in total. The fraction of sp³-hybridized carbons (Fsp3) is 0.516. The molecule has 3 N–H and O–H groups in total. The van der Waals surface area contributed by atoms with Crippen molar-refractivity contribution in [1.82, 2.24) is 15.5 Å². The van der Waals surface area contributed by atoms with Crippen LogP contribution in [0.5, 0.6) is 5.75 Å². The zero-order valence-corrected chi connectivity index (χ0v) is 24.2. The summed E-state index contributed by atoms with van der Waals surface area (Å²) in [6, 6.07) is 14.0. The summed E-state index contributed by atoms with van der Waals surface area (Å²) in [6.45, 7) is 11.6. The second-order valence-electron chi connectivity index (χ2n) is 11.1. The average Bonchev–Trinajstić information content (AvgIpc) is 2.87. The van der Waals surface area contributed by atoms with Gasteiger partial charge in [0.15, 0.2) is 0 Å². The number of unbranched alkanes of at least 4 members (excludes halogenated alkanes) is 3. The molecular weight excluding hydrogens is 494 g/mol. The summed E-state index contributed by atoms with van der Waals surface area (Å²) in [5.41, 5.74) is 0.505. The SMILES string of the molecule is CCCCCCN(C(=O)C(NC(=O)OC(C)(C)C)C(C)C)C(C(=O)NCc1ccccc1)c1ccccc1O. The molecule has 3 amide bonds. The number of phenols is 1. The van der Waals surface area contributed by atoms with Gasteiger partial charge in [-0.3, -0.25) is 9.59 Å². The van der Waals surface area contributed by atoms with E-state index in [-0.39, 0.29) is 24.8 Å². The van der Waals surface area contributed by atoms with Crippen molar-refractivity contribution in [3.05, 3.63) is 65.7 Å². The largest absolute Gasteiger partial charge is 0.508 e. The lowest BCUT2D eigenvalue weighted by Gasteiger charge is -2.36. The number of nitrogens with one attached hydrogen (secondary N) is 2. The average molecular weight is 540 g/mol. The monoisotopic (exact) mass is 539 g/mol. The summed E-state index contributed by atoms with van der Waals surface area (Å²) < 4.78 is 5.42. The number of ether oxygens (including phenoxy) is 1. The number of hydrogen-bond acceptors (Lipinski definition) is 5. The van der Waals surface area contributed by atoms with Crippen LogP contribution in [0, 0.1) is 5.92 Å². The van der Waals surface area contributed by atoms with Gasteiger partial charge in [0.1, 0.15) is 23.4 Å². The number of para-hydroxylation sites is 1. The Bertz CT molecular complexity index is 1070. The molecule has 0 spiro atoms. The maximum Gasteiger partial charge on any atom is 0.408 e. The van der Waals surface area contributed by atoms with Crippen molar-refractivity contribution in [2.24, 2.45) is 5.92 Å². The Morgan fingerprint density at radius 2 is 1.59 bits per heavy atom. The molecule has 0 bridgehead atoms. The number of carbonyl (C=O) groups is 3. The van der Waals surface area contributed by atoms with E-state index in [2.05, 4.69) is 17.6 Å². The summed E-state index contributed by atoms with van der Waals surface area (Å²) >= 11 is 0. The van der Waals surface area contributed by atoms with Crippen LogP contribution in [0.1, 0.15) is 84.4 Å². The number of amides is 3. The fourth-order valence-corrected chi connectivity index (χ4v) is 4.25. The molecular formula is C31H45N3O5. The molecule has 0 saturated carbocycles. The van der Waals surface area contributed by atoms with Crippen LogP contribution in [0.3, 0.4) is 0 Å². The smallest absolute Gasteiger partial charge is 0.408 e. The highest BCUT2D eigenvalue weighted by Gasteiger charge is 2.38. The number of aromatic hydroxyl groups is 1. The number of nitrogens with zero attached hydrogens (tertiary/aromatic N) is 1. The molecule has 2 aromatic carbocycles. The van der Waals surface area contributed by atoms with Gasteiger partial charge in [0.25, 0.3) is 0 Å². The first kappa shape index (κ1) is 31.7. The van der Waals surface area contributed by atoms with E-state index in [0.29, 0.717) is 12.0 Å². The molecule has 214 valence electrons. The lowest BCUT2D eigenvalue weighted by molar-refractivity contribution is -0.143. The quantitative estimate of drug-likeness (QED) is 0.283. The summed E-state index contributed by atoms with van der Waals surface area (Å²) in [5.74, 6) is -1.18. The van der Waals surface area contributed by atoms with Crippen molar-refractivity contribution < 1.29 is 24.2 Å². The van der Waals surface area contributed by atoms with E-state index in [0.717, 1.165) is 24.8 Å². The van der Waals surface area contributed by atoms with Gasteiger partial charge in [0.2, 0.25) is 11.8 Å². The Morgan fingerprint density at radius 3 is 2.18 bits per heavy atom. The molecule has 0 aromatic heterocycles. The highest BCUT2D eigenvalue weighted by Crippen LogP contribution is 2.31. The molecule has 0 saturated heterocycles. The summed E-state index contributed by atoms with van der Waals surface area (Å²) in [7, 11) is 0. The molecule has 0 aliphatic rings. The first-order chi connectivity index (χ1) is 18.4. The highest BCUT2D eigenvalue weighted by molar-refractivity contribution is 5.92. The van der Waals surface area contributed by atoms with Crippen molar-refractivity contribution in [1.29, 1.82) is 0 Å². The van der Waals surface area contributed by atoms with Gasteiger partial charge in [-0.2, -0.15) is 0 Å². The van der Waals surface area contributed by atoms with Crippen molar-refractivity contribution >= 4 is 17.9 Å². The van der Waals surface area contributed by atoms with Gasteiger partial charge in [-0.1, -0.05) is 88.6 Å². The first-order valence-electron chi connectivity index (χ1n) is 13.8. The number of carbonyl (C=O) groups excluding carboxylic acids is 3. The molecule has 0 heterocycles. The number of phenolic OH excluding ortho intramolecular Hbond substituents is 1. The minimum absolute atomic E-state index is 0.0788. The molecule has 2 unspecified atom stereocenters. The molecule has 0 radical (unpaired) electrons. The second-order valence-corrected chi connectivity index (χ2v) is 11.1. The Balaban J connectivity index is 2.46. The van der Waals surface area contributed by atoms with Gasteiger partial charge >= 0.3 is 6.09 Å². The third-order valence-electron chi connectivity index (χ3n) is 6.24. The van der Waals surface area contributed by atoms with Crippen LogP contribution in [0.15, 0.2) is 54.6 Å². The third kappa shape index (κ3) is 10.3. The Hall–Kier alpha value is -3.55. The molecule has 2 aromatic rings. The van der Waals surface area contributed by atoms with Crippen molar-refractivity contribution in [2.45, 2.75) is 91.5 Å². The van der Waals surface area contributed by atoms with E-state index in [1.165, 1.54) is 11.0 Å². The van der Waals surface area contributed by atoms with Gasteiger partial charge in [0.05, 0.1) is 0 Å². The van der Waals surface area contributed by atoms with Gasteiger partial charge in [-0.25, -0.2) is 4.79 Å². The van der Waals surface area contributed by atoms with Crippen molar-refractivity contribution in [3.63, 3.8) is 0 Å². The molecule has 0 aliphatic carbocycles. The van der Waals surface area contributed by atoms with Crippen LogP contribution in [-0.2, 0) is 20.9 Å². The topological polar surface area (TPSA) is 108 Å². The van der Waals surface area contributed by atoms with Crippen LogP contribution in [0.2, 0.25) is 0 Å². The van der Waals surface area contributed by atoms with Crippen molar-refractivity contribution in [2.75, 3.05) is 6.54 Å². The van der Waals surface area contributed by atoms with Crippen LogP contribution in [0.25, 0.3) is 0 Å². The maximum atomic E-state index is 14.1. The molecule has 8 heteroatoms. The van der Waals surface area contributed by atoms with Crippen LogP contribution in [-0.4, -0.2) is 46.1 Å². The lowest BCUT2D eigenvalue weighted by atomic mass is 9.97. The van der Waals surface area contributed by atoms with Gasteiger partial charge in [0, 0.05) is 18.7 Å². The predicted octanol–water partition coefficient (Wildman–Crippen LogP) is 5.71. The third-order valence-corrected chi connectivity index (χ3v) is 6.24. The predicted molar refractivity (Wildman–Crippen MR) is 153 cm³/mol. The standard InChI is InChI=1S/C31H45N3O5/c1-7-8-9-15-20-34(29(37)26(22(2)3)33-30(38)39-31(4,5)6)27(24-18-13-14-19-25(24)35)28(36)32-21-23-16-11-10-12-17-23/h10-14,16-19,22,26-27,35H,7-9,15,20-21H2,1-6H3,(H,32,36)(H,33,38). The van der Waals surface area contributed by atoms with E-state index in [1.54, 1.807) is 39.0 Å². The van der Waals surface area contributed by atoms with E-state index in [4.69, 9.17) is 4.74 Å². The highest BCUT2D eigenvalue weighted by atomic mass is 16.6. The normalized spacial score (nSPS) is 12.9. The first-order valence-corrected chi connectivity index (χ1v) is 13.8. The van der Waals surface area contributed by atoms with Gasteiger partial charge in [-0.05, 0) is 44.7 Å². The Kier molecular flexibility index (Phi) is 12.3. The Morgan fingerprint density at radius 1 is 0.949 bits per heavy atom. The van der Waals surface area contributed by atoms with Crippen LogP contribution in [0.4, 0.5) is 4.79 Å². The van der Waals surface area contributed by atoms with Gasteiger partial charge < -0.3 is 25.4 Å². The summed E-state index contributed by atoms with van der Waals surface area (Å²) in [5, 5.41) is 16.4. The minimum Gasteiger partial charge on any atom is -0.508 e. The van der Waals surface area contributed by atoms with Crippen LogP contribution < -0.4 is 10.6 Å². The van der Waals surface area contributed by atoms with E-state index in [9.17, 15) is 19.5 Å². The minimum atomic E-state index is -1.09. The van der Waals surface area contributed by atoms with Gasteiger partial charge in [-0.15, -0.1) is 0 Å². The zero-order valence-electron chi connectivity index (χ0n) is 24.2. The second kappa shape index (κ2) is 15.1. The molecule has 39 heavy (non-hydrogen) atoms. The molecule has 2 rings (SSSR count). The summed E-state index contributed by atoms with van der Waals surface area (Å²) in [6.07, 6.45) is 2.86. The Labute approximate surface area is 233 Å². The van der Waals surface area contributed by atoms with E-state index < -0.39 is 35.6 Å². The molecule has 2 atom stereocenters. The molecule has 0 fully saturated rings. The number of benzene rings is 2. The van der Waals surface area contributed by atoms with Crippen LogP contribution >= 0.6 is 0 Å². The number of alkyl carbamates (subject to hydrolysis) is 1. The molecule has 0 aliphatic heterocycles. The maximum absolute atomic E-state index is 14.1. The van der Waals surface area contributed by atoms with E-state index in [1.807, 2.05) is 44.2 Å². The zero-order chi connectivity index (χ0) is 29.0. The summed E-state index contributed by atoms with van der Waals surface area (Å²) in [4.78, 5) is 42.1. The fourth-order valence-electron chi connectivity index (χ4n) is 4.25. The number of rotatable bonds is 13.